The molecule has 0 radical (unpaired) electrons. The van der Waals surface area contributed by atoms with Crippen molar-refractivity contribution in [2.75, 3.05) is 11.9 Å². The van der Waals surface area contributed by atoms with Crippen LogP contribution in [0, 0.1) is 0 Å². The molecule has 1 aromatic carbocycles. The smallest absolute Gasteiger partial charge is 0.272 e. The van der Waals surface area contributed by atoms with E-state index in [9.17, 15) is 4.79 Å². The van der Waals surface area contributed by atoms with Crippen molar-refractivity contribution >= 4 is 39.1 Å². The highest BCUT2D eigenvalue weighted by molar-refractivity contribution is 9.10. The minimum absolute atomic E-state index is 0.178. The number of aromatic nitrogens is 1. The quantitative estimate of drug-likeness (QED) is 0.836. The van der Waals surface area contributed by atoms with E-state index in [1.807, 2.05) is 24.6 Å². The van der Waals surface area contributed by atoms with Gasteiger partial charge in [-0.05, 0) is 54.0 Å². The van der Waals surface area contributed by atoms with Gasteiger partial charge in [0.1, 0.15) is 11.4 Å². The van der Waals surface area contributed by atoms with Crippen molar-refractivity contribution in [2.24, 2.45) is 0 Å². The molecule has 0 aliphatic rings. The number of ether oxygens (including phenoxy) is 1. The first-order valence-corrected chi connectivity index (χ1v) is 7.81. The molecule has 0 aliphatic carbocycles. The molecular weight excluding hydrogens is 356 g/mol. The largest absolute Gasteiger partial charge is 0.492 e. The number of amides is 1. The number of carbonyl (C=O) groups is 1. The van der Waals surface area contributed by atoms with E-state index in [1.165, 1.54) is 0 Å². The Morgan fingerprint density at radius 2 is 2.14 bits per heavy atom. The zero-order valence-corrected chi connectivity index (χ0v) is 14.2. The SMILES string of the molecule is CCOc1ccc(NC(=O)c2cc(Br)cn2CC)cc1Cl. The number of carbonyl (C=O) groups excluding carboxylic acids is 1. The first-order chi connectivity index (χ1) is 10.0. The van der Waals surface area contributed by atoms with Crippen LogP contribution in [0.25, 0.3) is 0 Å². The lowest BCUT2D eigenvalue weighted by molar-refractivity contribution is 0.101. The second-order valence-corrected chi connectivity index (χ2v) is 5.68. The second-order valence-electron chi connectivity index (χ2n) is 4.36. The van der Waals surface area contributed by atoms with Crippen LogP contribution in [0.3, 0.4) is 0 Å². The van der Waals surface area contributed by atoms with Crippen LogP contribution in [0.4, 0.5) is 5.69 Å². The molecule has 1 aromatic heterocycles. The number of hydrogen-bond acceptors (Lipinski definition) is 2. The van der Waals surface area contributed by atoms with E-state index >= 15 is 0 Å². The number of benzene rings is 1. The summed E-state index contributed by atoms with van der Waals surface area (Å²) in [6, 6.07) is 6.98. The van der Waals surface area contributed by atoms with Gasteiger partial charge >= 0.3 is 0 Å². The lowest BCUT2D eigenvalue weighted by Crippen LogP contribution is -2.16. The Labute approximate surface area is 137 Å². The topological polar surface area (TPSA) is 43.3 Å². The Morgan fingerprint density at radius 3 is 2.76 bits per heavy atom. The van der Waals surface area contributed by atoms with E-state index in [-0.39, 0.29) is 5.91 Å². The van der Waals surface area contributed by atoms with E-state index in [1.54, 1.807) is 24.3 Å². The minimum Gasteiger partial charge on any atom is -0.492 e. The van der Waals surface area contributed by atoms with Gasteiger partial charge in [-0.25, -0.2) is 0 Å². The molecular formula is C15H16BrClN2O2. The maximum atomic E-state index is 12.3. The molecule has 2 aromatic rings. The summed E-state index contributed by atoms with van der Waals surface area (Å²) in [6.07, 6.45) is 1.88. The average Bonchev–Trinajstić information content (AvgIpc) is 2.83. The van der Waals surface area contributed by atoms with Crippen LogP contribution >= 0.6 is 27.5 Å². The molecule has 0 unspecified atom stereocenters. The van der Waals surface area contributed by atoms with Gasteiger partial charge in [-0.15, -0.1) is 0 Å². The molecule has 1 amide bonds. The standard InChI is InChI=1S/C15H16BrClN2O2/c1-3-19-9-10(16)7-13(19)15(20)18-11-5-6-14(21-4-2)12(17)8-11/h5-9H,3-4H2,1-2H3,(H,18,20). The van der Waals surface area contributed by atoms with Crippen molar-refractivity contribution in [3.05, 3.63) is 45.7 Å². The van der Waals surface area contributed by atoms with Crippen LogP contribution < -0.4 is 10.1 Å². The lowest BCUT2D eigenvalue weighted by Gasteiger charge is -2.10. The van der Waals surface area contributed by atoms with Crippen LogP contribution in [0.15, 0.2) is 34.9 Å². The highest BCUT2D eigenvalue weighted by Gasteiger charge is 2.13. The summed E-state index contributed by atoms with van der Waals surface area (Å²) in [4.78, 5) is 12.3. The third-order valence-corrected chi connectivity index (χ3v) is 3.66. The van der Waals surface area contributed by atoms with Gasteiger partial charge < -0.3 is 14.6 Å². The van der Waals surface area contributed by atoms with Crippen LogP contribution in [-0.2, 0) is 6.54 Å². The van der Waals surface area contributed by atoms with Crippen molar-refractivity contribution in [1.82, 2.24) is 4.57 Å². The maximum absolute atomic E-state index is 12.3. The lowest BCUT2D eigenvalue weighted by atomic mass is 10.3. The van der Waals surface area contributed by atoms with E-state index < -0.39 is 0 Å². The molecule has 0 spiro atoms. The Hall–Kier alpha value is -1.46. The number of anilines is 1. The summed E-state index contributed by atoms with van der Waals surface area (Å²) < 4.78 is 8.11. The Morgan fingerprint density at radius 1 is 1.38 bits per heavy atom. The van der Waals surface area contributed by atoms with Crippen molar-refractivity contribution in [3.63, 3.8) is 0 Å². The van der Waals surface area contributed by atoms with E-state index in [4.69, 9.17) is 16.3 Å². The van der Waals surface area contributed by atoms with E-state index in [0.717, 1.165) is 11.0 Å². The summed E-state index contributed by atoms with van der Waals surface area (Å²) in [5.41, 5.74) is 1.22. The summed E-state index contributed by atoms with van der Waals surface area (Å²) in [6.45, 7) is 5.14. The van der Waals surface area contributed by atoms with Crippen molar-refractivity contribution < 1.29 is 9.53 Å². The predicted molar refractivity (Wildman–Crippen MR) is 88.4 cm³/mol. The van der Waals surface area contributed by atoms with E-state index in [2.05, 4.69) is 21.2 Å². The van der Waals surface area contributed by atoms with E-state index in [0.29, 0.717) is 28.8 Å². The van der Waals surface area contributed by atoms with Crippen molar-refractivity contribution in [1.29, 1.82) is 0 Å². The number of rotatable bonds is 5. The highest BCUT2D eigenvalue weighted by Crippen LogP contribution is 2.28. The summed E-state index contributed by atoms with van der Waals surface area (Å²) in [5, 5.41) is 3.31. The minimum atomic E-state index is -0.178. The third kappa shape index (κ3) is 3.80. The Kier molecular flexibility index (Phi) is 5.31. The summed E-state index contributed by atoms with van der Waals surface area (Å²) >= 11 is 9.49. The Balaban J connectivity index is 2.17. The van der Waals surface area contributed by atoms with Gasteiger partial charge in [0.05, 0.1) is 11.6 Å². The molecule has 0 atom stereocenters. The van der Waals surface area contributed by atoms with Gasteiger partial charge in [-0.2, -0.15) is 0 Å². The van der Waals surface area contributed by atoms with Gasteiger partial charge in [-0.3, -0.25) is 4.79 Å². The highest BCUT2D eigenvalue weighted by atomic mass is 79.9. The predicted octanol–water partition coefficient (Wildman–Crippen LogP) is 4.57. The fourth-order valence-electron chi connectivity index (χ4n) is 1.97. The summed E-state index contributed by atoms with van der Waals surface area (Å²) in [5.74, 6) is 0.430. The molecule has 0 fully saturated rings. The van der Waals surface area contributed by atoms with Gasteiger partial charge in [0.15, 0.2) is 0 Å². The Bertz CT molecular complexity index is 655. The fourth-order valence-corrected chi connectivity index (χ4v) is 2.67. The molecule has 0 bridgehead atoms. The van der Waals surface area contributed by atoms with Crippen molar-refractivity contribution in [2.45, 2.75) is 20.4 Å². The van der Waals surface area contributed by atoms with Gasteiger partial charge in [0.25, 0.3) is 5.91 Å². The fraction of sp³-hybridized carbons (Fsp3) is 0.267. The van der Waals surface area contributed by atoms with Crippen LogP contribution in [0.5, 0.6) is 5.75 Å². The molecule has 112 valence electrons. The molecule has 4 nitrogen and oxygen atoms in total. The third-order valence-electron chi connectivity index (χ3n) is 2.93. The molecule has 1 heterocycles. The monoisotopic (exact) mass is 370 g/mol. The number of halogens is 2. The normalized spacial score (nSPS) is 10.5. The first kappa shape index (κ1) is 15.9. The molecule has 0 saturated carbocycles. The molecule has 0 aliphatic heterocycles. The summed E-state index contributed by atoms with van der Waals surface area (Å²) in [7, 11) is 0. The van der Waals surface area contributed by atoms with Crippen LogP contribution in [-0.4, -0.2) is 17.1 Å². The molecule has 2 rings (SSSR count). The number of hydrogen-bond donors (Lipinski definition) is 1. The van der Waals surface area contributed by atoms with Gasteiger partial charge in [0.2, 0.25) is 0 Å². The zero-order chi connectivity index (χ0) is 15.4. The van der Waals surface area contributed by atoms with Gasteiger partial charge in [0, 0.05) is 22.9 Å². The van der Waals surface area contributed by atoms with Crippen LogP contribution in [0.2, 0.25) is 5.02 Å². The number of aryl methyl sites for hydroxylation is 1. The number of nitrogens with zero attached hydrogens (tertiary/aromatic N) is 1. The van der Waals surface area contributed by atoms with Gasteiger partial charge in [-0.1, -0.05) is 11.6 Å². The van der Waals surface area contributed by atoms with Crippen molar-refractivity contribution in [3.8, 4) is 5.75 Å². The maximum Gasteiger partial charge on any atom is 0.272 e. The molecule has 0 saturated heterocycles. The molecule has 1 N–H and O–H groups in total. The average molecular weight is 372 g/mol. The first-order valence-electron chi connectivity index (χ1n) is 6.64. The van der Waals surface area contributed by atoms with Crippen LogP contribution in [0.1, 0.15) is 24.3 Å². The number of nitrogens with one attached hydrogen (secondary N) is 1. The molecule has 6 heteroatoms. The molecule has 21 heavy (non-hydrogen) atoms. The zero-order valence-electron chi connectivity index (χ0n) is 11.8. The second kappa shape index (κ2) is 7.00.